The van der Waals surface area contributed by atoms with Gasteiger partial charge in [0.1, 0.15) is 0 Å². The van der Waals surface area contributed by atoms with E-state index in [0.717, 1.165) is 12.8 Å². The van der Waals surface area contributed by atoms with Crippen LogP contribution < -0.4 is 5.73 Å². The molecule has 0 aromatic rings. The molecule has 3 nitrogen and oxygen atoms in total. The van der Waals surface area contributed by atoms with Gasteiger partial charge in [-0.05, 0) is 25.7 Å². The van der Waals surface area contributed by atoms with Crippen LogP contribution in [0.15, 0.2) is 0 Å². The lowest BCUT2D eigenvalue weighted by atomic mass is 10.1. The molecule has 66 valence electrons. The smallest absolute Gasteiger partial charge is 0.151 e. The first kappa shape index (κ1) is 9.00. The Morgan fingerprint density at radius 2 is 1.91 bits per heavy atom. The van der Waals surface area contributed by atoms with E-state index in [4.69, 9.17) is 5.73 Å². The molecule has 1 saturated carbocycles. The summed E-state index contributed by atoms with van der Waals surface area (Å²) in [6, 6.07) is -0.148. The van der Waals surface area contributed by atoms with Gasteiger partial charge >= 0.3 is 0 Å². The van der Waals surface area contributed by atoms with Crippen LogP contribution in [0.1, 0.15) is 19.8 Å². The second-order valence-electron chi connectivity index (χ2n) is 3.45. The summed E-state index contributed by atoms with van der Waals surface area (Å²) in [4.78, 5) is 0. The average molecular weight is 177 g/mol. The Morgan fingerprint density at radius 1 is 1.45 bits per heavy atom. The van der Waals surface area contributed by atoms with Crippen LogP contribution in [-0.2, 0) is 9.84 Å². The quantitative estimate of drug-likeness (QED) is 0.668. The molecule has 0 aliphatic heterocycles. The van der Waals surface area contributed by atoms with Gasteiger partial charge in [0.05, 0.1) is 5.25 Å². The summed E-state index contributed by atoms with van der Waals surface area (Å²) in [5.74, 6) is 0.458. The standard InChI is InChI=1S/C7H15NO2S/c1-5(11(2,9)10)7(8)6-3-4-6/h5-7H,3-4,8H2,1-2H3. The third-order valence-electron chi connectivity index (χ3n) is 2.38. The fraction of sp³-hybridized carbons (Fsp3) is 1.00. The zero-order valence-electron chi connectivity index (χ0n) is 6.95. The van der Waals surface area contributed by atoms with Gasteiger partial charge in [-0.1, -0.05) is 0 Å². The lowest BCUT2D eigenvalue weighted by Crippen LogP contribution is -2.39. The molecule has 2 atom stereocenters. The van der Waals surface area contributed by atoms with Crippen LogP contribution in [0.2, 0.25) is 0 Å². The molecule has 1 aliphatic carbocycles. The fourth-order valence-electron chi connectivity index (χ4n) is 1.15. The highest BCUT2D eigenvalue weighted by molar-refractivity contribution is 7.91. The van der Waals surface area contributed by atoms with E-state index in [-0.39, 0.29) is 11.3 Å². The van der Waals surface area contributed by atoms with Crippen LogP contribution >= 0.6 is 0 Å². The highest BCUT2D eigenvalue weighted by Crippen LogP contribution is 2.34. The molecular formula is C7H15NO2S. The summed E-state index contributed by atoms with van der Waals surface area (Å²) in [7, 11) is -2.93. The predicted molar refractivity (Wildman–Crippen MR) is 45.0 cm³/mol. The lowest BCUT2D eigenvalue weighted by Gasteiger charge is -2.16. The minimum absolute atomic E-state index is 0.148. The Bertz CT molecular complexity index is 231. The molecule has 11 heavy (non-hydrogen) atoms. The van der Waals surface area contributed by atoms with Crippen molar-refractivity contribution in [3.05, 3.63) is 0 Å². The summed E-state index contributed by atoms with van der Waals surface area (Å²) in [6.45, 7) is 1.69. The van der Waals surface area contributed by atoms with Crippen molar-refractivity contribution in [2.45, 2.75) is 31.1 Å². The Kier molecular flexibility index (Phi) is 2.25. The minimum Gasteiger partial charge on any atom is -0.326 e. The van der Waals surface area contributed by atoms with Crippen molar-refractivity contribution in [1.29, 1.82) is 0 Å². The number of hydrogen-bond donors (Lipinski definition) is 1. The highest BCUT2D eigenvalue weighted by Gasteiger charge is 2.35. The molecule has 0 aromatic heterocycles. The van der Waals surface area contributed by atoms with Crippen LogP contribution in [0.4, 0.5) is 0 Å². The molecule has 1 fully saturated rings. The molecule has 2 unspecified atom stereocenters. The molecular weight excluding hydrogens is 162 g/mol. The molecule has 0 radical (unpaired) electrons. The molecule has 0 bridgehead atoms. The monoisotopic (exact) mass is 177 g/mol. The predicted octanol–water partition coefficient (Wildman–Crippen LogP) is 0.157. The van der Waals surface area contributed by atoms with Crippen molar-refractivity contribution in [3.8, 4) is 0 Å². The summed E-state index contributed by atoms with van der Waals surface area (Å²) in [5, 5.41) is -0.380. The van der Waals surface area contributed by atoms with Gasteiger partial charge in [0.25, 0.3) is 0 Å². The molecule has 1 aliphatic rings. The van der Waals surface area contributed by atoms with E-state index in [1.807, 2.05) is 0 Å². The lowest BCUT2D eigenvalue weighted by molar-refractivity contribution is 0.536. The van der Waals surface area contributed by atoms with Gasteiger partial charge in [-0.15, -0.1) is 0 Å². The van der Waals surface area contributed by atoms with Gasteiger partial charge in [0, 0.05) is 12.3 Å². The number of hydrogen-bond acceptors (Lipinski definition) is 3. The van der Waals surface area contributed by atoms with Crippen LogP contribution in [0.25, 0.3) is 0 Å². The van der Waals surface area contributed by atoms with E-state index in [1.54, 1.807) is 6.92 Å². The van der Waals surface area contributed by atoms with Crippen molar-refractivity contribution in [1.82, 2.24) is 0 Å². The van der Waals surface area contributed by atoms with Crippen molar-refractivity contribution < 1.29 is 8.42 Å². The first-order valence-corrected chi connectivity index (χ1v) is 5.83. The van der Waals surface area contributed by atoms with Gasteiger partial charge in [-0.3, -0.25) is 0 Å². The van der Waals surface area contributed by atoms with Gasteiger partial charge in [-0.2, -0.15) is 0 Å². The van der Waals surface area contributed by atoms with E-state index >= 15 is 0 Å². The van der Waals surface area contributed by atoms with Gasteiger partial charge in [-0.25, -0.2) is 8.42 Å². The Labute approximate surface area is 67.9 Å². The zero-order valence-corrected chi connectivity index (χ0v) is 7.76. The van der Waals surface area contributed by atoms with Crippen molar-refractivity contribution in [2.75, 3.05) is 6.26 Å². The number of nitrogens with two attached hydrogens (primary N) is 1. The van der Waals surface area contributed by atoms with Gasteiger partial charge in [0.15, 0.2) is 9.84 Å². The SMILES string of the molecule is CC(C(N)C1CC1)S(C)(=O)=O. The fourth-order valence-corrected chi connectivity index (χ4v) is 1.94. The molecule has 0 amide bonds. The van der Waals surface area contributed by atoms with Crippen LogP contribution in [0, 0.1) is 5.92 Å². The van der Waals surface area contributed by atoms with Crippen molar-refractivity contribution in [3.63, 3.8) is 0 Å². The summed E-state index contributed by atoms with van der Waals surface area (Å²) in [6.07, 6.45) is 3.45. The summed E-state index contributed by atoms with van der Waals surface area (Å²) < 4.78 is 22.0. The van der Waals surface area contributed by atoms with Crippen molar-refractivity contribution in [2.24, 2.45) is 11.7 Å². The van der Waals surface area contributed by atoms with E-state index in [1.165, 1.54) is 6.26 Å². The molecule has 0 spiro atoms. The van der Waals surface area contributed by atoms with E-state index in [2.05, 4.69) is 0 Å². The van der Waals surface area contributed by atoms with Crippen molar-refractivity contribution >= 4 is 9.84 Å². The third-order valence-corrected chi connectivity index (χ3v) is 4.05. The van der Waals surface area contributed by atoms with Crippen LogP contribution in [-0.4, -0.2) is 26.0 Å². The maximum atomic E-state index is 11.0. The third kappa shape index (κ3) is 2.17. The maximum Gasteiger partial charge on any atom is 0.151 e. The zero-order chi connectivity index (χ0) is 8.65. The van der Waals surface area contributed by atoms with E-state index in [0.29, 0.717) is 5.92 Å². The Hall–Kier alpha value is -0.0900. The summed E-state index contributed by atoms with van der Waals surface area (Å²) >= 11 is 0. The average Bonchev–Trinajstić information content (AvgIpc) is 2.63. The first-order valence-electron chi connectivity index (χ1n) is 3.87. The molecule has 0 aromatic carbocycles. The molecule has 0 saturated heterocycles. The van der Waals surface area contributed by atoms with Gasteiger partial charge < -0.3 is 5.73 Å². The maximum absolute atomic E-state index is 11.0. The summed E-state index contributed by atoms with van der Waals surface area (Å²) in [5.41, 5.74) is 5.73. The van der Waals surface area contributed by atoms with Crippen LogP contribution in [0.5, 0.6) is 0 Å². The number of sulfone groups is 1. The van der Waals surface area contributed by atoms with E-state index in [9.17, 15) is 8.42 Å². The molecule has 0 heterocycles. The van der Waals surface area contributed by atoms with Gasteiger partial charge in [0.2, 0.25) is 0 Å². The Balaban J connectivity index is 2.59. The van der Waals surface area contributed by atoms with Crippen LogP contribution in [0.3, 0.4) is 0 Å². The highest BCUT2D eigenvalue weighted by atomic mass is 32.2. The molecule has 1 rings (SSSR count). The topological polar surface area (TPSA) is 60.2 Å². The molecule has 2 N–H and O–H groups in total. The molecule has 4 heteroatoms. The first-order chi connectivity index (χ1) is 4.93. The Morgan fingerprint density at radius 3 is 2.18 bits per heavy atom. The minimum atomic E-state index is -2.93. The van der Waals surface area contributed by atoms with E-state index < -0.39 is 9.84 Å². The number of rotatable bonds is 3. The second kappa shape index (κ2) is 2.75. The second-order valence-corrected chi connectivity index (χ2v) is 5.85. The largest absolute Gasteiger partial charge is 0.326 e. The normalized spacial score (nSPS) is 24.6.